The Balaban J connectivity index is 2.57. The second-order valence-corrected chi connectivity index (χ2v) is 6.40. The van der Waals surface area contributed by atoms with Crippen molar-refractivity contribution >= 4 is 5.96 Å². The van der Waals surface area contributed by atoms with E-state index >= 15 is 0 Å². The molecule has 0 aromatic heterocycles. The molecule has 5 heteroatoms. The predicted octanol–water partition coefficient (Wildman–Crippen LogP) is 3.34. The minimum absolute atomic E-state index is 0.283. The first-order valence-electron chi connectivity index (χ1n) is 9.31. The molecule has 1 unspecified atom stereocenters. The molecule has 2 N–H and O–H groups in total. The molecule has 1 aromatic rings. The summed E-state index contributed by atoms with van der Waals surface area (Å²) in [5.41, 5.74) is 2.35. The van der Waals surface area contributed by atoms with Crippen molar-refractivity contribution in [3.63, 3.8) is 0 Å². The summed E-state index contributed by atoms with van der Waals surface area (Å²) in [5.74, 6) is 1.36. The minimum atomic E-state index is 0.283. The third kappa shape index (κ3) is 8.89. The molecule has 25 heavy (non-hydrogen) atoms. The van der Waals surface area contributed by atoms with Gasteiger partial charge in [-0.3, -0.25) is 0 Å². The molecular formula is C20H35N3O2. The highest BCUT2D eigenvalue weighted by atomic mass is 16.5. The Bertz CT molecular complexity index is 503. The lowest BCUT2D eigenvalue weighted by Crippen LogP contribution is -2.39. The fourth-order valence-corrected chi connectivity index (χ4v) is 2.65. The van der Waals surface area contributed by atoms with E-state index in [1.165, 1.54) is 11.1 Å². The lowest BCUT2D eigenvalue weighted by Gasteiger charge is -2.21. The first-order chi connectivity index (χ1) is 12.1. The molecule has 0 saturated carbocycles. The van der Waals surface area contributed by atoms with Crippen LogP contribution in [0.25, 0.3) is 0 Å². The minimum Gasteiger partial charge on any atom is -0.380 e. The van der Waals surface area contributed by atoms with Crippen molar-refractivity contribution in [1.82, 2.24) is 10.6 Å². The van der Waals surface area contributed by atoms with Gasteiger partial charge >= 0.3 is 0 Å². The number of nitrogens with zero attached hydrogens (tertiary/aromatic N) is 1. The van der Waals surface area contributed by atoms with Gasteiger partial charge in [-0.05, 0) is 37.3 Å². The molecule has 0 aliphatic heterocycles. The van der Waals surface area contributed by atoms with E-state index < -0.39 is 0 Å². The van der Waals surface area contributed by atoms with Crippen LogP contribution in [0.4, 0.5) is 0 Å². The lowest BCUT2D eigenvalue weighted by molar-refractivity contribution is 0.0258. The third-order valence-electron chi connectivity index (χ3n) is 3.91. The zero-order valence-electron chi connectivity index (χ0n) is 16.5. The quantitative estimate of drug-likeness (QED) is 0.475. The second-order valence-electron chi connectivity index (χ2n) is 6.40. The highest BCUT2D eigenvalue weighted by Crippen LogP contribution is 2.10. The van der Waals surface area contributed by atoms with E-state index in [0.717, 1.165) is 32.1 Å². The summed E-state index contributed by atoms with van der Waals surface area (Å²) in [7, 11) is 1.71. The van der Waals surface area contributed by atoms with Gasteiger partial charge in [0.1, 0.15) is 0 Å². The van der Waals surface area contributed by atoms with E-state index in [1.807, 2.05) is 6.92 Å². The highest BCUT2D eigenvalue weighted by Gasteiger charge is 2.12. The summed E-state index contributed by atoms with van der Waals surface area (Å²) in [5, 5.41) is 6.71. The van der Waals surface area contributed by atoms with Crippen molar-refractivity contribution in [3.05, 3.63) is 35.4 Å². The number of benzene rings is 1. The predicted molar refractivity (Wildman–Crippen MR) is 105 cm³/mol. The number of rotatable bonds is 11. The molecule has 1 atom stereocenters. The third-order valence-corrected chi connectivity index (χ3v) is 3.91. The first-order valence-corrected chi connectivity index (χ1v) is 9.31. The maximum Gasteiger partial charge on any atom is 0.191 e. The Morgan fingerprint density at radius 2 is 1.92 bits per heavy atom. The van der Waals surface area contributed by atoms with Crippen molar-refractivity contribution in [2.24, 2.45) is 10.9 Å². The van der Waals surface area contributed by atoms with Crippen molar-refractivity contribution in [1.29, 1.82) is 0 Å². The largest absolute Gasteiger partial charge is 0.380 e. The van der Waals surface area contributed by atoms with E-state index in [2.05, 4.69) is 60.7 Å². The van der Waals surface area contributed by atoms with Gasteiger partial charge < -0.3 is 20.1 Å². The van der Waals surface area contributed by atoms with Crippen molar-refractivity contribution in [2.75, 3.05) is 26.8 Å². The van der Waals surface area contributed by atoms with Gasteiger partial charge in [0.25, 0.3) is 0 Å². The average molecular weight is 350 g/mol. The Morgan fingerprint density at radius 3 is 2.56 bits per heavy atom. The molecule has 0 heterocycles. The van der Waals surface area contributed by atoms with Crippen LogP contribution < -0.4 is 10.6 Å². The molecule has 1 aromatic carbocycles. The molecule has 0 fully saturated rings. The Kier molecular flexibility index (Phi) is 10.9. The smallest absolute Gasteiger partial charge is 0.191 e. The monoisotopic (exact) mass is 349 g/mol. The standard InChI is InChI=1S/C20H35N3O2/c1-6-21-20(22-12-11-19(16(3)4)25-7-2)23-14-17-9-8-10-18(13-17)15-24-5/h8-10,13,16,19H,6-7,11-12,14-15H2,1-5H3,(H2,21,22,23). The summed E-state index contributed by atoms with van der Waals surface area (Å²) in [6.45, 7) is 12.2. The molecule has 0 amide bonds. The van der Waals surface area contributed by atoms with Crippen molar-refractivity contribution < 1.29 is 9.47 Å². The SMILES string of the molecule is CCNC(=NCc1cccc(COC)c1)NCCC(OCC)C(C)C. The number of hydrogen-bond donors (Lipinski definition) is 2. The molecule has 0 saturated heterocycles. The first kappa shape index (κ1) is 21.5. The van der Waals surface area contributed by atoms with Crippen LogP contribution in [0.2, 0.25) is 0 Å². The molecule has 142 valence electrons. The number of methoxy groups -OCH3 is 1. The van der Waals surface area contributed by atoms with Crippen LogP contribution in [-0.4, -0.2) is 38.9 Å². The van der Waals surface area contributed by atoms with E-state index in [4.69, 9.17) is 9.47 Å². The fraction of sp³-hybridized carbons (Fsp3) is 0.650. The molecule has 0 radical (unpaired) electrons. The summed E-state index contributed by atoms with van der Waals surface area (Å²) in [6, 6.07) is 8.35. The normalized spacial score (nSPS) is 13.1. The average Bonchev–Trinajstić information content (AvgIpc) is 2.59. The molecular weight excluding hydrogens is 314 g/mol. The lowest BCUT2D eigenvalue weighted by atomic mass is 10.0. The Labute approximate surface area is 153 Å². The summed E-state index contributed by atoms with van der Waals surface area (Å²) in [6.07, 6.45) is 1.25. The second kappa shape index (κ2) is 12.7. The fourth-order valence-electron chi connectivity index (χ4n) is 2.65. The van der Waals surface area contributed by atoms with E-state index in [-0.39, 0.29) is 6.10 Å². The molecule has 0 bridgehead atoms. The van der Waals surface area contributed by atoms with E-state index in [9.17, 15) is 0 Å². The molecule has 1 rings (SSSR count). The molecule has 0 spiro atoms. The summed E-state index contributed by atoms with van der Waals surface area (Å²) in [4.78, 5) is 4.69. The van der Waals surface area contributed by atoms with Gasteiger partial charge in [0.15, 0.2) is 5.96 Å². The number of guanidine groups is 1. The Morgan fingerprint density at radius 1 is 1.16 bits per heavy atom. The van der Waals surface area contributed by atoms with Crippen LogP contribution in [0.15, 0.2) is 29.3 Å². The summed E-state index contributed by atoms with van der Waals surface area (Å²) < 4.78 is 11.0. The molecule has 5 nitrogen and oxygen atoms in total. The van der Waals surface area contributed by atoms with Crippen LogP contribution in [-0.2, 0) is 22.6 Å². The zero-order valence-corrected chi connectivity index (χ0v) is 16.5. The van der Waals surface area contributed by atoms with Gasteiger partial charge in [-0.1, -0.05) is 38.1 Å². The maximum atomic E-state index is 5.80. The van der Waals surface area contributed by atoms with Crippen LogP contribution in [0.3, 0.4) is 0 Å². The summed E-state index contributed by atoms with van der Waals surface area (Å²) >= 11 is 0. The van der Waals surface area contributed by atoms with Gasteiger partial charge in [-0.15, -0.1) is 0 Å². The zero-order chi connectivity index (χ0) is 18.5. The highest BCUT2D eigenvalue weighted by molar-refractivity contribution is 5.79. The number of ether oxygens (including phenoxy) is 2. The molecule has 0 aliphatic rings. The maximum absolute atomic E-state index is 5.80. The van der Waals surface area contributed by atoms with Gasteiger partial charge in [0, 0.05) is 26.8 Å². The van der Waals surface area contributed by atoms with Gasteiger partial charge in [0.2, 0.25) is 0 Å². The van der Waals surface area contributed by atoms with Crippen LogP contribution in [0.5, 0.6) is 0 Å². The van der Waals surface area contributed by atoms with Gasteiger partial charge in [-0.2, -0.15) is 0 Å². The van der Waals surface area contributed by atoms with Crippen LogP contribution in [0, 0.1) is 5.92 Å². The Hall–Kier alpha value is -1.59. The van der Waals surface area contributed by atoms with Gasteiger partial charge in [-0.25, -0.2) is 4.99 Å². The number of nitrogens with one attached hydrogen (secondary N) is 2. The molecule has 0 aliphatic carbocycles. The van der Waals surface area contributed by atoms with Crippen molar-refractivity contribution in [3.8, 4) is 0 Å². The number of hydrogen-bond acceptors (Lipinski definition) is 3. The van der Waals surface area contributed by atoms with Crippen LogP contribution >= 0.6 is 0 Å². The number of aliphatic imine (C=N–C) groups is 1. The van der Waals surface area contributed by atoms with E-state index in [0.29, 0.717) is 19.1 Å². The van der Waals surface area contributed by atoms with Crippen molar-refractivity contribution in [2.45, 2.75) is 53.4 Å². The van der Waals surface area contributed by atoms with Crippen LogP contribution in [0.1, 0.15) is 45.2 Å². The van der Waals surface area contributed by atoms with E-state index in [1.54, 1.807) is 7.11 Å². The topological polar surface area (TPSA) is 54.9 Å². The van der Waals surface area contributed by atoms with Gasteiger partial charge in [0.05, 0.1) is 19.3 Å².